The van der Waals surface area contributed by atoms with Gasteiger partial charge in [-0.25, -0.2) is 9.97 Å². The quantitative estimate of drug-likeness (QED) is 0.638. The summed E-state index contributed by atoms with van der Waals surface area (Å²) in [6.45, 7) is 5.65. The monoisotopic (exact) mass is 433 g/mol. The molecule has 0 amide bonds. The highest BCUT2D eigenvalue weighted by Gasteiger charge is 2.28. The summed E-state index contributed by atoms with van der Waals surface area (Å²) in [5, 5.41) is 3.21. The van der Waals surface area contributed by atoms with Crippen LogP contribution in [0.15, 0.2) is 47.3 Å². The summed E-state index contributed by atoms with van der Waals surface area (Å²) in [6, 6.07) is 13.3. The Hall–Kier alpha value is -3.23. The first-order valence-corrected chi connectivity index (χ1v) is 11.1. The van der Waals surface area contributed by atoms with Crippen molar-refractivity contribution < 1.29 is 9.47 Å². The van der Waals surface area contributed by atoms with Crippen LogP contribution in [0.25, 0.3) is 11.4 Å². The van der Waals surface area contributed by atoms with E-state index in [2.05, 4.69) is 22.1 Å². The Morgan fingerprint density at radius 3 is 2.81 bits per heavy atom. The largest absolute Gasteiger partial charge is 0.377 e. The maximum Gasteiger partial charge on any atom is 0.249 e. The van der Waals surface area contributed by atoms with Gasteiger partial charge in [-0.1, -0.05) is 13.0 Å². The molecule has 0 radical (unpaired) electrons. The third-order valence-electron chi connectivity index (χ3n) is 5.96. The van der Waals surface area contributed by atoms with Crippen LogP contribution in [0, 0.1) is 0 Å². The number of benzene rings is 1. The first kappa shape index (κ1) is 20.7. The lowest BCUT2D eigenvalue weighted by Gasteiger charge is -2.38. The average molecular weight is 434 g/mol. The number of pyridine rings is 1. The second kappa shape index (κ2) is 9.10. The molecule has 1 saturated heterocycles. The third kappa shape index (κ3) is 4.24. The molecule has 5 rings (SSSR count). The van der Waals surface area contributed by atoms with Crippen LogP contribution in [-0.2, 0) is 22.5 Å². The molecule has 2 aliphatic heterocycles. The van der Waals surface area contributed by atoms with Gasteiger partial charge in [0.05, 0.1) is 38.2 Å². The Balaban J connectivity index is 1.47. The molecule has 4 heterocycles. The summed E-state index contributed by atoms with van der Waals surface area (Å²) >= 11 is 0. The van der Waals surface area contributed by atoms with Crippen molar-refractivity contribution in [2.24, 2.45) is 0 Å². The Kier molecular flexibility index (Phi) is 5.87. The molecule has 8 nitrogen and oxygen atoms in total. The van der Waals surface area contributed by atoms with Gasteiger partial charge >= 0.3 is 0 Å². The standard InChI is InChI=1S/C24H27N5O3/c1-2-18-14-32-13-11-29(18)24-19-15-31-12-10-20(19)26-23(28-24)16-6-8-17(9-7-16)25-21-4-3-5-22(30)27-21/h3-9,18H,2,10-15H2,1H3,(H2,25,27,30)/t18-/m0/s1. The Labute approximate surface area is 186 Å². The van der Waals surface area contributed by atoms with Crippen LogP contribution in [0.3, 0.4) is 0 Å². The predicted molar refractivity (Wildman–Crippen MR) is 123 cm³/mol. The van der Waals surface area contributed by atoms with Crippen molar-refractivity contribution in [3.05, 3.63) is 64.1 Å². The lowest BCUT2D eigenvalue weighted by atomic mass is 10.1. The number of nitrogens with one attached hydrogen (secondary N) is 2. The van der Waals surface area contributed by atoms with Crippen LogP contribution < -0.4 is 15.8 Å². The molecule has 0 unspecified atom stereocenters. The van der Waals surface area contributed by atoms with E-state index >= 15 is 0 Å². The summed E-state index contributed by atoms with van der Waals surface area (Å²) in [6.07, 6.45) is 1.79. The average Bonchev–Trinajstić information content (AvgIpc) is 2.84. The maximum absolute atomic E-state index is 11.5. The number of morpholine rings is 1. The van der Waals surface area contributed by atoms with Crippen LogP contribution in [-0.4, -0.2) is 47.4 Å². The van der Waals surface area contributed by atoms with Crippen LogP contribution in [0.2, 0.25) is 0 Å². The van der Waals surface area contributed by atoms with Gasteiger partial charge in [0.25, 0.3) is 0 Å². The Bertz CT molecular complexity index is 1150. The van der Waals surface area contributed by atoms with Gasteiger partial charge in [-0.3, -0.25) is 4.79 Å². The van der Waals surface area contributed by atoms with Crippen molar-refractivity contribution in [2.45, 2.75) is 32.4 Å². The molecule has 1 aromatic carbocycles. The fourth-order valence-corrected chi connectivity index (χ4v) is 4.23. The van der Waals surface area contributed by atoms with Gasteiger partial charge in [0.2, 0.25) is 5.56 Å². The number of rotatable bonds is 5. The zero-order valence-corrected chi connectivity index (χ0v) is 18.1. The molecule has 0 saturated carbocycles. The Morgan fingerprint density at radius 1 is 1.12 bits per heavy atom. The molecule has 2 aliphatic rings. The van der Waals surface area contributed by atoms with E-state index < -0.39 is 0 Å². The van der Waals surface area contributed by atoms with Crippen molar-refractivity contribution in [3.8, 4) is 11.4 Å². The highest BCUT2D eigenvalue weighted by Crippen LogP contribution is 2.31. The summed E-state index contributed by atoms with van der Waals surface area (Å²) < 4.78 is 11.5. The van der Waals surface area contributed by atoms with E-state index in [1.165, 1.54) is 6.07 Å². The molecule has 2 N–H and O–H groups in total. The van der Waals surface area contributed by atoms with Crippen LogP contribution in [0.4, 0.5) is 17.3 Å². The number of fused-ring (bicyclic) bond motifs is 1. The lowest BCUT2D eigenvalue weighted by Crippen LogP contribution is -2.46. The first-order valence-electron chi connectivity index (χ1n) is 11.1. The van der Waals surface area contributed by atoms with E-state index in [4.69, 9.17) is 19.4 Å². The van der Waals surface area contributed by atoms with Crippen LogP contribution >= 0.6 is 0 Å². The summed E-state index contributed by atoms with van der Waals surface area (Å²) in [4.78, 5) is 26.6. The van der Waals surface area contributed by atoms with Crippen molar-refractivity contribution in [2.75, 3.05) is 36.6 Å². The zero-order valence-electron chi connectivity index (χ0n) is 18.1. The minimum absolute atomic E-state index is 0.140. The predicted octanol–water partition coefficient (Wildman–Crippen LogP) is 3.26. The summed E-state index contributed by atoms with van der Waals surface area (Å²) in [5.41, 5.74) is 3.86. The summed E-state index contributed by atoms with van der Waals surface area (Å²) in [7, 11) is 0. The van der Waals surface area contributed by atoms with Crippen molar-refractivity contribution in [1.82, 2.24) is 15.0 Å². The normalized spacial score (nSPS) is 18.3. The highest BCUT2D eigenvalue weighted by molar-refractivity contribution is 5.65. The summed E-state index contributed by atoms with van der Waals surface area (Å²) in [5.74, 6) is 2.35. The lowest BCUT2D eigenvalue weighted by molar-refractivity contribution is 0.0901. The van der Waals surface area contributed by atoms with Gasteiger partial charge in [0, 0.05) is 35.8 Å². The second-order valence-electron chi connectivity index (χ2n) is 8.06. The van der Waals surface area contributed by atoms with Crippen molar-refractivity contribution >= 4 is 17.3 Å². The number of aromatic amines is 1. The molecule has 3 aromatic rings. The number of H-pyrrole nitrogens is 1. The molecule has 0 spiro atoms. The molecule has 0 bridgehead atoms. The highest BCUT2D eigenvalue weighted by atomic mass is 16.5. The molecule has 2 aromatic heterocycles. The fraction of sp³-hybridized carbons (Fsp3) is 0.375. The molecule has 1 atom stereocenters. The number of hydrogen-bond donors (Lipinski definition) is 2. The number of hydrogen-bond acceptors (Lipinski definition) is 7. The fourth-order valence-electron chi connectivity index (χ4n) is 4.23. The molecular formula is C24H27N5O3. The minimum atomic E-state index is -0.140. The molecule has 32 heavy (non-hydrogen) atoms. The van der Waals surface area contributed by atoms with Gasteiger partial charge < -0.3 is 24.7 Å². The number of nitrogens with zero attached hydrogens (tertiary/aromatic N) is 3. The molecule has 166 valence electrons. The second-order valence-corrected chi connectivity index (χ2v) is 8.06. The topological polar surface area (TPSA) is 92.4 Å². The van der Waals surface area contributed by atoms with E-state index in [-0.39, 0.29) is 5.56 Å². The zero-order chi connectivity index (χ0) is 21.9. The minimum Gasteiger partial charge on any atom is -0.377 e. The van der Waals surface area contributed by atoms with Crippen molar-refractivity contribution in [1.29, 1.82) is 0 Å². The maximum atomic E-state index is 11.5. The smallest absolute Gasteiger partial charge is 0.249 e. The van der Waals surface area contributed by atoms with Gasteiger partial charge in [-0.15, -0.1) is 0 Å². The van der Waals surface area contributed by atoms with E-state index in [0.717, 1.165) is 53.5 Å². The van der Waals surface area contributed by atoms with Gasteiger partial charge in [-0.05, 0) is 36.8 Å². The third-order valence-corrected chi connectivity index (χ3v) is 5.96. The van der Waals surface area contributed by atoms with Crippen LogP contribution in [0.1, 0.15) is 24.6 Å². The number of aromatic nitrogens is 3. The number of ether oxygens (including phenoxy) is 2. The van der Waals surface area contributed by atoms with Gasteiger partial charge in [-0.2, -0.15) is 0 Å². The Morgan fingerprint density at radius 2 is 2.00 bits per heavy atom. The first-order chi connectivity index (χ1) is 15.7. The molecule has 0 aliphatic carbocycles. The molecular weight excluding hydrogens is 406 g/mol. The van der Waals surface area contributed by atoms with Gasteiger partial charge in [0.15, 0.2) is 5.82 Å². The van der Waals surface area contributed by atoms with E-state index in [0.29, 0.717) is 38.3 Å². The SMILES string of the molecule is CC[C@H]1COCCN1c1nc(-c2ccc(Nc3cccc(=O)[nH]3)cc2)nc2c1COCC2. The van der Waals surface area contributed by atoms with E-state index in [9.17, 15) is 4.79 Å². The van der Waals surface area contributed by atoms with E-state index in [1.807, 2.05) is 30.3 Å². The molecule has 8 heteroatoms. The van der Waals surface area contributed by atoms with Gasteiger partial charge in [0.1, 0.15) is 11.6 Å². The number of anilines is 3. The van der Waals surface area contributed by atoms with Crippen LogP contribution in [0.5, 0.6) is 0 Å². The van der Waals surface area contributed by atoms with E-state index in [1.54, 1.807) is 6.07 Å². The van der Waals surface area contributed by atoms with Crippen molar-refractivity contribution in [3.63, 3.8) is 0 Å². The molecule has 1 fully saturated rings.